The van der Waals surface area contributed by atoms with Gasteiger partial charge in [0.25, 0.3) is 0 Å². The molecular formula is C21H24BrNO3. The molecule has 138 valence electrons. The number of Topliss-reactive ketones (excluding diaryl/α,β-unsaturated/α-hetero) is 1. The van der Waals surface area contributed by atoms with Gasteiger partial charge in [-0.2, -0.15) is 0 Å². The van der Waals surface area contributed by atoms with Crippen molar-refractivity contribution in [3.8, 4) is 0 Å². The van der Waals surface area contributed by atoms with Crippen molar-refractivity contribution in [2.45, 2.75) is 46.0 Å². The first-order chi connectivity index (χ1) is 12.4. The van der Waals surface area contributed by atoms with Gasteiger partial charge in [-0.1, -0.05) is 48.0 Å². The number of dihydropyridines is 1. The highest BCUT2D eigenvalue weighted by Gasteiger charge is 2.39. The van der Waals surface area contributed by atoms with E-state index in [2.05, 4.69) is 21.2 Å². The molecule has 0 bridgehead atoms. The molecule has 0 fully saturated rings. The number of rotatable bonds is 4. The van der Waals surface area contributed by atoms with Gasteiger partial charge >= 0.3 is 5.97 Å². The first-order valence-corrected chi connectivity index (χ1v) is 9.85. The fourth-order valence-electron chi connectivity index (χ4n) is 3.59. The molecule has 0 spiro atoms. The summed E-state index contributed by atoms with van der Waals surface area (Å²) < 4.78 is 6.42. The summed E-state index contributed by atoms with van der Waals surface area (Å²) in [7, 11) is 0. The van der Waals surface area contributed by atoms with Crippen LogP contribution in [-0.2, 0) is 14.3 Å². The molecule has 0 radical (unpaired) electrons. The minimum atomic E-state index is -0.394. The predicted molar refractivity (Wildman–Crippen MR) is 104 cm³/mol. The summed E-state index contributed by atoms with van der Waals surface area (Å²) in [6.07, 6.45) is 2.19. The Morgan fingerprint density at radius 3 is 2.73 bits per heavy atom. The van der Waals surface area contributed by atoms with E-state index in [0.29, 0.717) is 24.2 Å². The van der Waals surface area contributed by atoms with Gasteiger partial charge < -0.3 is 10.1 Å². The van der Waals surface area contributed by atoms with Crippen LogP contribution in [0.1, 0.15) is 51.5 Å². The van der Waals surface area contributed by atoms with Gasteiger partial charge in [0, 0.05) is 33.8 Å². The van der Waals surface area contributed by atoms with Crippen LogP contribution in [0.4, 0.5) is 0 Å². The van der Waals surface area contributed by atoms with Crippen LogP contribution in [0.3, 0.4) is 0 Å². The molecule has 0 amide bonds. The van der Waals surface area contributed by atoms with Crippen molar-refractivity contribution in [3.63, 3.8) is 0 Å². The zero-order valence-electron chi connectivity index (χ0n) is 15.4. The van der Waals surface area contributed by atoms with Crippen LogP contribution in [0.25, 0.3) is 0 Å². The lowest BCUT2D eigenvalue weighted by molar-refractivity contribution is -0.140. The Balaban J connectivity index is 2.10. The second kappa shape index (κ2) is 7.78. The Labute approximate surface area is 162 Å². The number of carbonyl (C=O) groups is 2. The van der Waals surface area contributed by atoms with E-state index in [1.54, 1.807) is 0 Å². The quantitative estimate of drug-likeness (QED) is 0.726. The van der Waals surface area contributed by atoms with Crippen molar-refractivity contribution < 1.29 is 14.3 Å². The number of esters is 1. The largest absolute Gasteiger partial charge is 0.462 e. The number of benzene rings is 1. The van der Waals surface area contributed by atoms with E-state index >= 15 is 0 Å². The summed E-state index contributed by atoms with van der Waals surface area (Å²) in [6.45, 7) is 6.26. The summed E-state index contributed by atoms with van der Waals surface area (Å²) in [5.41, 5.74) is 3.89. The molecule has 5 heteroatoms. The fraction of sp³-hybridized carbons (Fsp3) is 0.429. The van der Waals surface area contributed by atoms with E-state index in [4.69, 9.17) is 4.74 Å². The minimum Gasteiger partial charge on any atom is -0.462 e. The Kier molecular flexibility index (Phi) is 5.66. The van der Waals surface area contributed by atoms with Crippen molar-refractivity contribution in [2.75, 3.05) is 6.61 Å². The normalized spacial score (nSPS) is 20.2. The number of hydrogen-bond donors (Lipinski definition) is 1. The van der Waals surface area contributed by atoms with Crippen LogP contribution < -0.4 is 5.32 Å². The minimum absolute atomic E-state index is 0.112. The Hall–Kier alpha value is -1.88. The van der Waals surface area contributed by atoms with Gasteiger partial charge in [-0.15, -0.1) is 0 Å². The predicted octanol–water partition coefficient (Wildman–Crippen LogP) is 4.62. The topological polar surface area (TPSA) is 55.4 Å². The highest BCUT2D eigenvalue weighted by Crippen LogP contribution is 2.44. The molecule has 0 aromatic heterocycles. The van der Waals surface area contributed by atoms with Gasteiger partial charge in [0.1, 0.15) is 0 Å². The maximum absolute atomic E-state index is 12.9. The third-order valence-corrected chi connectivity index (χ3v) is 5.48. The number of allylic oxidation sites excluding steroid dienone is 3. The molecule has 1 N–H and O–H groups in total. The Morgan fingerprint density at radius 1 is 1.31 bits per heavy atom. The summed E-state index contributed by atoms with van der Waals surface area (Å²) in [5.74, 6) is -0.380. The van der Waals surface area contributed by atoms with Crippen LogP contribution in [0.15, 0.2) is 51.3 Å². The molecule has 1 aromatic carbocycles. The number of halogens is 1. The van der Waals surface area contributed by atoms with E-state index in [0.717, 1.165) is 34.3 Å². The van der Waals surface area contributed by atoms with E-state index < -0.39 is 5.92 Å². The number of ketones is 1. The molecule has 3 rings (SSSR count). The molecule has 1 aliphatic carbocycles. The van der Waals surface area contributed by atoms with Gasteiger partial charge in [-0.25, -0.2) is 4.79 Å². The van der Waals surface area contributed by atoms with Crippen molar-refractivity contribution in [1.29, 1.82) is 0 Å². The molecule has 0 saturated carbocycles. The standard InChI is InChI=1S/C21H24BrNO3/c1-12(2)11-26-21(25)18-13(3)23-16-9-6-10-17(24)20(16)19(18)14-7-4-5-8-15(14)22/h4-5,7-8,12,19,23H,6,9-11H2,1-3H3/t19-/m0/s1. The van der Waals surface area contributed by atoms with E-state index in [1.807, 2.05) is 45.0 Å². The first kappa shape index (κ1) is 18.9. The number of carbonyl (C=O) groups excluding carboxylic acids is 2. The third kappa shape index (κ3) is 3.63. The molecule has 1 atom stereocenters. The average molecular weight is 418 g/mol. The lowest BCUT2D eigenvalue weighted by Crippen LogP contribution is -2.34. The zero-order valence-corrected chi connectivity index (χ0v) is 17.0. The average Bonchev–Trinajstić information content (AvgIpc) is 2.59. The SMILES string of the molecule is CC1=C(C(=O)OCC(C)C)[C@H](c2ccccc2Br)C2=C(CCCC2=O)N1. The molecule has 1 aliphatic heterocycles. The third-order valence-electron chi connectivity index (χ3n) is 4.76. The van der Waals surface area contributed by atoms with Crippen LogP contribution in [0.2, 0.25) is 0 Å². The van der Waals surface area contributed by atoms with Gasteiger partial charge in [-0.05, 0) is 37.3 Å². The summed E-state index contributed by atoms with van der Waals surface area (Å²) in [6, 6.07) is 7.77. The fourth-order valence-corrected chi connectivity index (χ4v) is 4.11. The summed E-state index contributed by atoms with van der Waals surface area (Å²) in [4.78, 5) is 25.7. The molecule has 0 unspecified atom stereocenters. The smallest absolute Gasteiger partial charge is 0.336 e. The molecule has 0 saturated heterocycles. The number of nitrogens with one attached hydrogen (secondary N) is 1. The van der Waals surface area contributed by atoms with E-state index in [1.165, 1.54) is 0 Å². The lowest BCUT2D eigenvalue weighted by Gasteiger charge is -2.34. The van der Waals surface area contributed by atoms with Crippen molar-refractivity contribution in [3.05, 3.63) is 56.8 Å². The van der Waals surface area contributed by atoms with Crippen molar-refractivity contribution in [1.82, 2.24) is 5.32 Å². The van der Waals surface area contributed by atoms with Crippen LogP contribution in [-0.4, -0.2) is 18.4 Å². The first-order valence-electron chi connectivity index (χ1n) is 9.05. The molecule has 1 heterocycles. The maximum atomic E-state index is 12.9. The maximum Gasteiger partial charge on any atom is 0.336 e. The Bertz CT molecular complexity index is 807. The van der Waals surface area contributed by atoms with Gasteiger partial charge in [0.05, 0.1) is 12.2 Å². The zero-order chi connectivity index (χ0) is 18.8. The van der Waals surface area contributed by atoms with E-state index in [9.17, 15) is 9.59 Å². The molecule has 4 nitrogen and oxygen atoms in total. The molecule has 2 aliphatic rings. The van der Waals surface area contributed by atoms with Crippen molar-refractivity contribution in [2.24, 2.45) is 5.92 Å². The van der Waals surface area contributed by atoms with Gasteiger partial charge in [0.15, 0.2) is 5.78 Å². The van der Waals surface area contributed by atoms with Crippen LogP contribution >= 0.6 is 15.9 Å². The number of hydrogen-bond acceptors (Lipinski definition) is 4. The van der Waals surface area contributed by atoms with Gasteiger partial charge in [0.2, 0.25) is 0 Å². The lowest BCUT2D eigenvalue weighted by atomic mass is 9.75. The highest BCUT2D eigenvalue weighted by molar-refractivity contribution is 9.10. The molecule has 1 aromatic rings. The van der Waals surface area contributed by atoms with Crippen molar-refractivity contribution >= 4 is 27.7 Å². The summed E-state index contributed by atoms with van der Waals surface area (Å²) >= 11 is 3.60. The van der Waals surface area contributed by atoms with Crippen LogP contribution in [0.5, 0.6) is 0 Å². The second-order valence-electron chi connectivity index (χ2n) is 7.28. The Morgan fingerprint density at radius 2 is 2.04 bits per heavy atom. The monoisotopic (exact) mass is 417 g/mol. The second-order valence-corrected chi connectivity index (χ2v) is 8.13. The van der Waals surface area contributed by atoms with Crippen LogP contribution in [0, 0.1) is 5.92 Å². The van der Waals surface area contributed by atoms with E-state index in [-0.39, 0.29) is 17.7 Å². The number of ether oxygens (including phenoxy) is 1. The highest BCUT2D eigenvalue weighted by atomic mass is 79.9. The van der Waals surface area contributed by atoms with Gasteiger partial charge in [-0.3, -0.25) is 4.79 Å². The summed E-state index contributed by atoms with van der Waals surface area (Å²) in [5, 5.41) is 3.31. The molecular weight excluding hydrogens is 394 g/mol. The molecule has 26 heavy (non-hydrogen) atoms.